The van der Waals surface area contributed by atoms with Gasteiger partial charge in [0.2, 0.25) is 0 Å². The Balaban J connectivity index is 2.61. The Morgan fingerprint density at radius 3 is 2.80 bits per heavy atom. The van der Waals surface area contributed by atoms with Crippen molar-refractivity contribution in [3.8, 4) is 6.07 Å². The van der Waals surface area contributed by atoms with E-state index in [0.29, 0.717) is 23.1 Å². The Hall–Kier alpha value is -2.68. The normalized spacial score (nSPS) is 11.8. The Morgan fingerprint density at radius 2 is 2.15 bits per heavy atom. The highest BCUT2D eigenvalue weighted by molar-refractivity contribution is 6.02. The lowest BCUT2D eigenvalue weighted by molar-refractivity contribution is 0.0690. The van der Waals surface area contributed by atoms with Crippen LogP contribution in [-0.2, 0) is 0 Å². The molecule has 0 spiro atoms. The zero-order valence-electron chi connectivity index (χ0n) is 11.2. The summed E-state index contributed by atoms with van der Waals surface area (Å²) in [5.74, 6) is -1.34. The number of benzene rings is 1. The minimum Gasteiger partial charge on any atom is -0.476 e. The van der Waals surface area contributed by atoms with Gasteiger partial charge in [-0.15, -0.1) is 10.2 Å². The van der Waals surface area contributed by atoms with Gasteiger partial charge in [-0.2, -0.15) is 5.26 Å². The Kier molecular flexibility index (Phi) is 3.80. The molecule has 0 radical (unpaired) electrons. The SMILES string of the molecule is CC(C#N)CN(C)c1c(C(=O)O)nnc2ccccc12. The average Bonchev–Trinajstić information content (AvgIpc) is 2.45. The van der Waals surface area contributed by atoms with E-state index in [1.807, 2.05) is 12.1 Å². The molecule has 2 rings (SSSR count). The second-order valence-corrected chi connectivity index (χ2v) is 4.63. The number of anilines is 1. The van der Waals surface area contributed by atoms with Gasteiger partial charge < -0.3 is 10.0 Å². The number of aromatic carboxylic acids is 1. The Bertz CT molecular complexity index is 693. The van der Waals surface area contributed by atoms with Crippen LogP contribution in [0.5, 0.6) is 0 Å². The van der Waals surface area contributed by atoms with Crippen molar-refractivity contribution in [3.05, 3.63) is 30.0 Å². The molecule has 6 nitrogen and oxygen atoms in total. The second kappa shape index (κ2) is 5.53. The average molecular weight is 270 g/mol. The van der Waals surface area contributed by atoms with Crippen LogP contribution in [0, 0.1) is 17.2 Å². The maximum Gasteiger partial charge on any atom is 0.358 e. The van der Waals surface area contributed by atoms with Gasteiger partial charge in [0.15, 0.2) is 5.69 Å². The van der Waals surface area contributed by atoms with Crippen LogP contribution in [0.25, 0.3) is 10.9 Å². The van der Waals surface area contributed by atoms with Crippen molar-refractivity contribution < 1.29 is 9.90 Å². The van der Waals surface area contributed by atoms with Crippen LogP contribution >= 0.6 is 0 Å². The van der Waals surface area contributed by atoms with Crippen LogP contribution < -0.4 is 4.90 Å². The summed E-state index contributed by atoms with van der Waals surface area (Å²) in [6.07, 6.45) is 0. The predicted octanol–water partition coefficient (Wildman–Crippen LogP) is 1.92. The van der Waals surface area contributed by atoms with E-state index in [2.05, 4.69) is 16.3 Å². The van der Waals surface area contributed by atoms with E-state index in [4.69, 9.17) is 5.26 Å². The maximum absolute atomic E-state index is 11.3. The first-order valence-electron chi connectivity index (χ1n) is 6.14. The molecule has 6 heteroatoms. The summed E-state index contributed by atoms with van der Waals surface area (Å²) in [6, 6.07) is 9.36. The number of nitriles is 1. The number of aromatic nitrogens is 2. The van der Waals surface area contributed by atoms with Gasteiger partial charge in [0.25, 0.3) is 0 Å². The number of carboxylic acids is 1. The molecule has 1 aromatic heterocycles. The lowest BCUT2D eigenvalue weighted by atomic mass is 10.1. The maximum atomic E-state index is 11.3. The van der Waals surface area contributed by atoms with Crippen LogP contribution in [0.3, 0.4) is 0 Å². The lowest BCUT2D eigenvalue weighted by Gasteiger charge is -2.22. The fourth-order valence-electron chi connectivity index (χ4n) is 2.11. The first kappa shape index (κ1) is 13.7. The number of hydrogen-bond donors (Lipinski definition) is 1. The smallest absolute Gasteiger partial charge is 0.358 e. The zero-order chi connectivity index (χ0) is 14.7. The molecule has 0 fully saturated rings. The number of carbonyl (C=O) groups is 1. The molecule has 2 aromatic rings. The van der Waals surface area contributed by atoms with Crippen LogP contribution in [0.2, 0.25) is 0 Å². The lowest BCUT2D eigenvalue weighted by Crippen LogP contribution is -2.26. The van der Waals surface area contributed by atoms with Gasteiger partial charge in [0.05, 0.1) is 23.2 Å². The number of hydrogen-bond acceptors (Lipinski definition) is 5. The number of carboxylic acid groups (broad SMARTS) is 1. The molecule has 1 N–H and O–H groups in total. The third kappa shape index (κ3) is 2.52. The van der Waals surface area contributed by atoms with Gasteiger partial charge in [0.1, 0.15) is 0 Å². The quantitative estimate of drug-likeness (QED) is 0.912. The summed E-state index contributed by atoms with van der Waals surface area (Å²) < 4.78 is 0. The highest BCUT2D eigenvalue weighted by Gasteiger charge is 2.20. The van der Waals surface area contributed by atoms with Gasteiger partial charge in [0, 0.05) is 19.0 Å². The van der Waals surface area contributed by atoms with Crippen LogP contribution in [-0.4, -0.2) is 34.9 Å². The molecule has 102 valence electrons. The van der Waals surface area contributed by atoms with E-state index < -0.39 is 5.97 Å². The summed E-state index contributed by atoms with van der Waals surface area (Å²) >= 11 is 0. The molecule has 0 saturated carbocycles. The minimum atomic E-state index is -1.13. The summed E-state index contributed by atoms with van der Waals surface area (Å²) in [4.78, 5) is 13.1. The zero-order valence-corrected chi connectivity index (χ0v) is 11.2. The van der Waals surface area contributed by atoms with E-state index >= 15 is 0 Å². The summed E-state index contributed by atoms with van der Waals surface area (Å²) in [5, 5.41) is 26.6. The van der Waals surface area contributed by atoms with Crippen molar-refractivity contribution in [3.63, 3.8) is 0 Å². The summed E-state index contributed by atoms with van der Waals surface area (Å²) in [7, 11) is 1.75. The van der Waals surface area contributed by atoms with Gasteiger partial charge in [-0.25, -0.2) is 4.79 Å². The summed E-state index contributed by atoms with van der Waals surface area (Å²) in [5.41, 5.74) is 1.02. The first-order chi connectivity index (χ1) is 9.54. The first-order valence-corrected chi connectivity index (χ1v) is 6.14. The third-order valence-corrected chi connectivity index (χ3v) is 2.99. The number of rotatable bonds is 4. The van der Waals surface area contributed by atoms with Crippen molar-refractivity contribution in [2.24, 2.45) is 5.92 Å². The molecule has 0 aliphatic carbocycles. The van der Waals surface area contributed by atoms with Crippen LogP contribution in [0.4, 0.5) is 5.69 Å². The standard InChI is InChI=1S/C14H14N4O2/c1-9(7-15)8-18(2)13-10-5-3-4-6-11(10)16-17-12(13)14(19)20/h3-6,9H,8H2,1-2H3,(H,19,20). The molecule has 1 aromatic carbocycles. The molecule has 0 aliphatic heterocycles. The van der Waals surface area contributed by atoms with E-state index in [9.17, 15) is 9.90 Å². The fraction of sp³-hybridized carbons (Fsp3) is 0.286. The van der Waals surface area contributed by atoms with Gasteiger partial charge >= 0.3 is 5.97 Å². The molecule has 1 atom stereocenters. The van der Waals surface area contributed by atoms with Crippen molar-refractivity contribution >= 4 is 22.6 Å². The van der Waals surface area contributed by atoms with Crippen molar-refractivity contribution in [2.45, 2.75) is 6.92 Å². The monoisotopic (exact) mass is 270 g/mol. The number of nitrogens with zero attached hydrogens (tertiary/aromatic N) is 4. The van der Waals surface area contributed by atoms with E-state index in [1.54, 1.807) is 31.0 Å². The molecule has 0 bridgehead atoms. The fourth-order valence-corrected chi connectivity index (χ4v) is 2.11. The van der Waals surface area contributed by atoms with Crippen molar-refractivity contribution in [1.29, 1.82) is 5.26 Å². The van der Waals surface area contributed by atoms with Gasteiger partial charge in [-0.3, -0.25) is 0 Å². The largest absolute Gasteiger partial charge is 0.476 e. The topological polar surface area (TPSA) is 90.1 Å². The second-order valence-electron chi connectivity index (χ2n) is 4.63. The van der Waals surface area contributed by atoms with E-state index in [1.165, 1.54) is 0 Å². The third-order valence-electron chi connectivity index (χ3n) is 2.99. The molecular formula is C14H14N4O2. The van der Waals surface area contributed by atoms with Gasteiger partial charge in [-0.1, -0.05) is 18.2 Å². The molecule has 0 amide bonds. The minimum absolute atomic E-state index is 0.101. The van der Waals surface area contributed by atoms with E-state index in [0.717, 1.165) is 0 Å². The number of fused-ring (bicyclic) bond motifs is 1. The Labute approximate surface area is 116 Å². The Morgan fingerprint density at radius 1 is 1.45 bits per heavy atom. The van der Waals surface area contributed by atoms with Crippen LogP contribution in [0.1, 0.15) is 17.4 Å². The molecule has 20 heavy (non-hydrogen) atoms. The van der Waals surface area contributed by atoms with Crippen LogP contribution in [0.15, 0.2) is 24.3 Å². The molecule has 0 saturated heterocycles. The van der Waals surface area contributed by atoms with Crippen molar-refractivity contribution in [1.82, 2.24) is 10.2 Å². The van der Waals surface area contributed by atoms with E-state index in [-0.39, 0.29) is 11.6 Å². The predicted molar refractivity (Wildman–Crippen MR) is 74.5 cm³/mol. The molecule has 1 unspecified atom stereocenters. The highest BCUT2D eigenvalue weighted by Crippen LogP contribution is 2.27. The molecular weight excluding hydrogens is 256 g/mol. The van der Waals surface area contributed by atoms with Gasteiger partial charge in [-0.05, 0) is 13.0 Å². The highest BCUT2D eigenvalue weighted by atomic mass is 16.4. The van der Waals surface area contributed by atoms with Crippen molar-refractivity contribution in [2.75, 3.05) is 18.5 Å². The molecule has 0 aliphatic rings. The summed E-state index contributed by atoms with van der Waals surface area (Å²) in [6.45, 7) is 2.21. The molecule has 1 heterocycles.